The second-order valence-electron chi connectivity index (χ2n) is 1.57. The summed E-state index contributed by atoms with van der Waals surface area (Å²) in [6.07, 6.45) is 0.829. The average Bonchev–Trinajstić information content (AvgIpc) is 1.67. The minimum atomic E-state index is 0.398. The summed E-state index contributed by atoms with van der Waals surface area (Å²) >= 11 is 4.75. The molecule has 0 atom stereocenters. The summed E-state index contributed by atoms with van der Waals surface area (Å²) in [5.41, 5.74) is 0. The average molecular weight is 131 g/mol. The third-order valence-corrected chi connectivity index (χ3v) is 1.20. The number of aldehydes is 1. The first kappa shape index (κ1) is 7.56. The predicted octanol–water partition coefficient (Wildman–Crippen LogP) is 0.464. The minimum absolute atomic E-state index is 0.398. The van der Waals surface area contributed by atoms with Crippen LogP contribution in [0.2, 0.25) is 0 Å². The van der Waals surface area contributed by atoms with Gasteiger partial charge in [-0.1, -0.05) is 12.2 Å². The third-order valence-electron chi connectivity index (χ3n) is 0.886. The van der Waals surface area contributed by atoms with Gasteiger partial charge in [0.05, 0.1) is 11.5 Å². The van der Waals surface area contributed by atoms with E-state index in [0.717, 1.165) is 11.3 Å². The highest BCUT2D eigenvalue weighted by atomic mass is 32.1. The second kappa shape index (κ2) is 3.55. The fourth-order valence-corrected chi connectivity index (χ4v) is 0.315. The van der Waals surface area contributed by atoms with E-state index in [1.807, 2.05) is 0 Å². The number of rotatable bonds is 2. The van der Waals surface area contributed by atoms with Crippen LogP contribution in [0.25, 0.3) is 0 Å². The Morgan fingerprint density at radius 1 is 1.88 bits per heavy atom. The fourth-order valence-electron chi connectivity index (χ4n) is 0.240. The highest BCUT2D eigenvalue weighted by Crippen LogP contribution is 1.81. The van der Waals surface area contributed by atoms with E-state index in [-0.39, 0.29) is 0 Å². The van der Waals surface area contributed by atoms with Crippen LogP contribution in [0.1, 0.15) is 6.92 Å². The molecule has 2 nitrogen and oxygen atoms in total. The SMILES string of the molecule is CC(=S)N(C)CC=O. The van der Waals surface area contributed by atoms with Crippen LogP contribution in [-0.4, -0.2) is 29.8 Å². The maximum atomic E-state index is 9.82. The standard InChI is InChI=1S/C5H9NOS/c1-5(8)6(2)3-4-7/h4H,3H2,1-2H3. The summed E-state index contributed by atoms with van der Waals surface area (Å²) in [7, 11) is 1.79. The Bertz CT molecular complexity index is 103. The van der Waals surface area contributed by atoms with Gasteiger partial charge in [-0.25, -0.2) is 0 Å². The van der Waals surface area contributed by atoms with Gasteiger partial charge in [0, 0.05) is 7.05 Å². The van der Waals surface area contributed by atoms with Crippen molar-refractivity contribution in [3.8, 4) is 0 Å². The lowest BCUT2D eigenvalue weighted by Crippen LogP contribution is -2.23. The Morgan fingerprint density at radius 3 is 2.50 bits per heavy atom. The van der Waals surface area contributed by atoms with Gasteiger partial charge in [-0.3, -0.25) is 0 Å². The lowest BCUT2D eigenvalue weighted by molar-refractivity contribution is -0.108. The molecule has 0 N–H and O–H groups in total. The van der Waals surface area contributed by atoms with Crippen molar-refractivity contribution in [2.24, 2.45) is 0 Å². The summed E-state index contributed by atoms with van der Waals surface area (Å²) < 4.78 is 0. The molecule has 0 aromatic heterocycles. The summed E-state index contributed by atoms with van der Waals surface area (Å²) in [6.45, 7) is 2.19. The molecule has 0 rings (SSSR count). The summed E-state index contributed by atoms with van der Waals surface area (Å²) in [6, 6.07) is 0. The van der Waals surface area contributed by atoms with Gasteiger partial charge in [0.15, 0.2) is 0 Å². The van der Waals surface area contributed by atoms with Crippen molar-refractivity contribution < 1.29 is 4.79 Å². The smallest absolute Gasteiger partial charge is 0.139 e. The minimum Gasteiger partial charge on any atom is -0.362 e. The molecule has 3 heteroatoms. The maximum absolute atomic E-state index is 9.82. The van der Waals surface area contributed by atoms with Crippen LogP contribution in [-0.2, 0) is 4.79 Å². The number of thiocarbonyl (C=S) groups is 1. The van der Waals surface area contributed by atoms with Crippen LogP contribution in [0.3, 0.4) is 0 Å². The molecule has 0 aliphatic heterocycles. The molecule has 8 heavy (non-hydrogen) atoms. The monoisotopic (exact) mass is 131 g/mol. The fraction of sp³-hybridized carbons (Fsp3) is 0.600. The molecular weight excluding hydrogens is 122 g/mol. The van der Waals surface area contributed by atoms with Crippen LogP contribution in [0.15, 0.2) is 0 Å². The van der Waals surface area contributed by atoms with E-state index in [9.17, 15) is 4.79 Å². The first-order valence-corrected chi connectivity index (χ1v) is 2.74. The van der Waals surface area contributed by atoms with E-state index in [1.54, 1.807) is 18.9 Å². The van der Waals surface area contributed by atoms with Crippen LogP contribution in [0.4, 0.5) is 0 Å². The molecule has 0 aliphatic carbocycles. The molecule has 0 saturated carbocycles. The van der Waals surface area contributed by atoms with E-state index in [1.165, 1.54) is 0 Å². The molecule has 0 aromatic carbocycles. The first-order valence-electron chi connectivity index (χ1n) is 2.34. The quantitative estimate of drug-likeness (QED) is 0.401. The van der Waals surface area contributed by atoms with Crippen LogP contribution < -0.4 is 0 Å². The summed E-state index contributed by atoms with van der Waals surface area (Å²) in [5.74, 6) is 0. The summed E-state index contributed by atoms with van der Waals surface area (Å²) in [5, 5.41) is 0. The first-order chi connectivity index (χ1) is 3.68. The number of carbonyl (C=O) groups excluding carboxylic acids is 1. The Balaban J connectivity index is 3.46. The number of carbonyl (C=O) groups is 1. The molecular formula is C5H9NOS. The van der Waals surface area contributed by atoms with Gasteiger partial charge < -0.3 is 9.69 Å². The number of hydrogen-bond acceptors (Lipinski definition) is 2. The van der Waals surface area contributed by atoms with Crippen LogP contribution >= 0.6 is 12.2 Å². The third kappa shape index (κ3) is 2.69. The lowest BCUT2D eigenvalue weighted by Gasteiger charge is -2.11. The van der Waals surface area contributed by atoms with Gasteiger partial charge in [0.2, 0.25) is 0 Å². The lowest BCUT2D eigenvalue weighted by atomic mass is 10.6. The number of hydrogen-bond donors (Lipinski definition) is 0. The van der Waals surface area contributed by atoms with Crippen molar-refractivity contribution in [1.82, 2.24) is 4.90 Å². The molecule has 0 spiro atoms. The number of nitrogens with zero attached hydrogens (tertiary/aromatic N) is 1. The van der Waals surface area contributed by atoms with Crippen molar-refractivity contribution in [3.63, 3.8) is 0 Å². The molecule has 0 saturated heterocycles. The van der Waals surface area contributed by atoms with E-state index in [4.69, 9.17) is 12.2 Å². The van der Waals surface area contributed by atoms with Crippen molar-refractivity contribution in [1.29, 1.82) is 0 Å². The highest BCUT2D eigenvalue weighted by molar-refractivity contribution is 7.80. The normalized spacial score (nSPS) is 8.25. The van der Waals surface area contributed by atoms with Crippen molar-refractivity contribution >= 4 is 23.5 Å². The van der Waals surface area contributed by atoms with Gasteiger partial charge in [-0.15, -0.1) is 0 Å². The van der Waals surface area contributed by atoms with Gasteiger partial charge in [0.25, 0.3) is 0 Å². The highest BCUT2D eigenvalue weighted by Gasteiger charge is 1.92. The van der Waals surface area contributed by atoms with Crippen molar-refractivity contribution in [2.75, 3.05) is 13.6 Å². The van der Waals surface area contributed by atoms with Gasteiger partial charge in [-0.2, -0.15) is 0 Å². The van der Waals surface area contributed by atoms with Crippen LogP contribution in [0, 0.1) is 0 Å². The Morgan fingerprint density at radius 2 is 2.38 bits per heavy atom. The maximum Gasteiger partial charge on any atom is 0.139 e. The summed E-state index contributed by atoms with van der Waals surface area (Å²) in [4.78, 5) is 12.3. The van der Waals surface area contributed by atoms with Crippen LogP contribution in [0.5, 0.6) is 0 Å². The van der Waals surface area contributed by atoms with E-state index >= 15 is 0 Å². The Labute approximate surface area is 54.5 Å². The topological polar surface area (TPSA) is 20.3 Å². The van der Waals surface area contributed by atoms with Gasteiger partial charge >= 0.3 is 0 Å². The molecule has 0 aliphatic rings. The molecule has 0 unspecified atom stereocenters. The molecule has 0 fully saturated rings. The largest absolute Gasteiger partial charge is 0.362 e. The Kier molecular flexibility index (Phi) is 3.35. The molecule has 0 bridgehead atoms. The van der Waals surface area contributed by atoms with Crippen molar-refractivity contribution in [2.45, 2.75) is 6.92 Å². The Hall–Kier alpha value is -0.440. The zero-order valence-corrected chi connectivity index (χ0v) is 5.86. The van der Waals surface area contributed by atoms with E-state index < -0.39 is 0 Å². The van der Waals surface area contributed by atoms with E-state index in [2.05, 4.69) is 0 Å². The van der Waals surface area contributed by atoms with Gasteiger partial charge in [0.1, 0.15) is 6.29 Å². The van der Waals surface area contributed by atoms with E-state index in [0.29, 0.717) is 6.54 Å². The van der Waals surface area contributed by atoms with Crippen molar-refractivity contribution in [3.05, 3.63) is 0 Å². The predicted molar refractivity (Wildman–Crippen MR) is 37.0 cm³/mol. The molecule has 0 aromatic rings. The zero-order chi connectivity index (χ0) is 6.57. The molecule has 0 amide bonds. The molecule has 46 valence electrons. The molecule has 0 heterocycles. The van der Waals surface area contributed by atoms with Gasteiger partial charge in [-0.05, 0) is 6.92 Å². The molecule has 0 radical (unpaired) electrons. The second-order valence-corrected chi connectivity index (χ2v) is 2.16. The zero-order valence-electron chi connectivity index (χ0n) is 5.05. The number of likely N-dealkylation sites (N-methyl/N-ethyl adjacent to an activating group) is 1.